The van der Waals surface area contributed by atoms with Crippen molar-refractivity contribution in [3.63, 3.8) is 0 Å². The molecule has 0 bridgehead atoms. The molecule has 0 aliphatic heterocycles. The molecule has 0 unspecified atom stereocenters. The first kappa shape index (κ1) is 9.85. The highest BCUT2D eigenvalue weighted by molar-refractivity contribution is 4.90. The summed E-state index contributed by atoms with van der Waals surface area (Å²) in [6.07, 6.45) is 9.45. The van der Waals surface area contributed by atoms with E-state index in [1.165, 1.54) is 12.8 Å². The van der Waals surface area contributed by atoms with E-state index >= 15 is 0 Å². The zero-order chi connectivity index (χ0) is 9.52. The van der Waals surface area contributed by atoms with Gasteiger partial charge >= 0.3 is 0 Å². The maximum Gasteiger partial charge on any atom is 0.257 e. The molecule has 1 aromatic heterocycles. The van der Waals surface area contributed by atoms with Crippen LogP contribution < -0.4 is 4.57 Å². The zero-order valence-electron chi connectivity index (χ0n) is 8.45. The summed E-state index contributed by atoms with van der Waals surface area (Å²) < 4.78 is 4.02. The number of hydrogen-bond donors (Lipinski definition) is 0. The van der Waals surface area contributed by atoms with Crippen LogP contribution in [0.2, 0.25) is 0 Å². The molecular weight excluding hydrogens is 160 g/mol. The van der Waals surface area contributed by atoms with Crippen molar-refractivity contribution in [2.45, 2.75) is 39.7 Å². The van der Waals surface area contributed by atoms with Gasteiger partial charge in [-0.2, -0.15) is 4.57 Å². The van der Waals surface area contributed by atoms with Crippen molar-refractivity contribution in [3.8, 4) is 12.0 Å². The standard InChI is InChI=1S/C11H17N2/c1-3-5-6-7-8-13-10-9-12(4-2)11-13/h9-11H,3-6H2,1-2H3/q+1. The third-order valence-electron chi connectivity index (χ3n) is 1.92. The van der Waals surface area contributed by atoms with E-state index in [2.05, 4.69) is 30.4 Å². The van der Waals surface area contributed by atoms with Crippen molar-refractivity contribution in [3.05, 3.63) is 18.7 Å². The van der Waals surface area contributed by atoms with Gasteiger partial charge in [-0.15, -0.1) is 0 Å². The Labute approximate surface area is 80.2 Å². The van der Waals surface area contributed by atoms with Gasteiger partial charge in [0.15, 0.2) is 0 Å². The molecule has 70 valence electrons. The Hall–Kier alpha value is -1.23. The van der Waals surface area contributed by atoms with Crippen molar-refractivity contribution >= 4 is 0 Å². The Morgan fingerprint density at radius 1 is 1.38 bits per heavy atom. The summed E-state index contributed by atoms with van der Waals surface area (Å²) >= 11 is 0. The molecule has 1 rings (SSSR count). The second kappa shape index (κ2) is 5.42. The van der Waals surface area contributed by atoms with Crippen LogP contribution in [0.15, 0.2) is 18.7 Å². The monoisotopic (exact) mass is 177 g/mol. The zero-order valence-corrected chi connectivity index (χ0v) is 8.45. The summed E-state index contributed by atoms with van der Waals surface area (Å²) in [4.78, 5) is 0. The van der Waals surface area contributed by atoms with Gasteiger partial charge in [0.25, 0.3) is 6.33 Å². The summed E-state index contributed by atoms with van der Waals surface area (Å²) in [5, 5.41) is 0. The Morgan fingerprint density at radius 2 is 2.23 bits per heavy atom. The largest absolute Gasteiger partial charge is 0.257 e. The molecule has 0 spiro atoms. The average Bonchev–Trinajstić information content (AvgIpc) is 2.60. The lowest BCUT2D eigenvalue weighted by atomic mass is 10.3. The molecule has 13 heavy (non-hydrogen) atoms. The fourth-order valence-electron chi connectivity index (χ4n) is 1.06. The fourth-order valence-corrected chi connectivity index (χ4v) is 1.06. The number of imidazole rings is 1. The van der Waals surface area contributed by atoms with Gasteiger partial charge in [-0.25, -0.2) is 4.57 Å². The van der Waals surface area contributed by atoms with Crippen LogP contribution in [0.3, 0.4) is 0 Å². The normalized spacial score (nSPS) is 9.38. The number of unbranched alkanes of at least 4 members (excludes halogenated alkanes) is 2. The predicted molar refractivity (Wildman–Crippen MR) is 53.0 cm³/mol. The molecule has 1 aromatic rings. The summed E-state index contributed by atoms with van der Waals surface area (Å²) in [6, 6.07) is 3.08. The molecule has 0 saturated heterocycles. The quantitative estimate of drug-likeness (QED) is 0.378. The van der Waals surface area contributed by atoms with Crippen molar-refractivity contribution < 1.29 is 4.57 Å². The maximum atomic E-state index is 3.14. The highest BCUT2D eigenvalue weighted by atomic mass is 15.1. The van der Waals surface area contributed by atoms with Gasteiger partial charge in [0.2, 0.25) is 0 Å². The summed E-state index contributed by atoms with van der Waals surface area (Å²) in [5.74, 6) is 3.14. The Morgan fingerprint density at radius 3 is 2.85 bits per heavy atom. The molecule has 2 heteroatoms. The van der Waals surface area contributed by atoms with Gasteiger partial charge in [-0.05, 0) is 13.3 Å². The van der Waals surface area contributed by atoms with Gasteiger partial charge < -0.3 is 0 Å². The third-order valence-corrected chi connectivity index (χ3v) is 1.92. The minimum Gasteiger partial charge on any atom is -0.236 e. The number of rotatable bonds is 3. The Kier molecular flexibility index (Phi) is 4.11. The first-order valence-corrected chi connectivity index (χ1v) is 4.92. The highest BCUT2D eigenvalue weighted by Crippen LogP contribution is 1.89. The second-order valence-corrected chi connectivity index (χ2v) is 3.04. The number of aryl methyl sites for hydroxylation is 1. The van der Waals surface area contributed by atoms with Crippen molar-refractivity contribution in [1.82, 2.24) is 4.57 Å². The van der Waals surface area contributed by atoms with Crippen LogP contribution in [-0.2, 0) is 6.54 Å². The van der Waals surface area contributed by atoms with E-state index in [4.69, 9.17) is 0 Å². The first-order chi connectivity index (χ1) is 6.36. The fraction of sp³-hybridized carbons (Fsp3) is 0.545. The molecule has 0 amide bonds. The lowest BCUT2D eigenvalue weighted by Gasteiger charge is -1.83. The first-order valence-electron chi connectivity index (χ1n) is 4.92. The number of aromatic nitrogens is 2. The minimum atomic E-state index is 1.00. The van der Waals surface area contributed by atoms with Crippen LogP contribution in [0, 0.1) is 12.0 Å². The van der Waals surface area contributed by atoms with Crippen LogP contribution in [0.5, 0.6) is 0 Å². The van der Waals surface area contributed by atoms with Crippen LogP contribution in [0.1, 0.15) is 33.1 Å². The summed E-state index contributed by atoms with van der Waals surface area (Å²) in [6.45, 7) is 5.31. The van der Waals surface area contributed by atoms with Crippen LogP contribution in [-0.4, -0.2) is 4.57 Å². The van der Waals surface area contributed by atoms with E-state index in [1.807, 2.05) is 23.3 Å². The molecule has 0 aliphatic rings. The van der Waals surface area contributed by atoms with Crippen LogP contribution in [0.25, 0.3) is 0 Å². The SMILES string of the molecule is CCCCC#C[n+]1ccn(CC)c1. The van der Waals surface area contributed by atoms with E-state index in [9.17, 15) is 0 Å². The molecule has 0 fully saturated rings. The summed E-state index contributed by atoms with van der Waals surface area (Å²) in [7, 11) is 0. The van der Waals surface area contributed by atoms with E-state index in [0.717, 1.165) is 13.0 Å². The lowest BCUT2D eigenvalue weighted by molar-refractivity contribution is -0.583. The van der Waals surface area contributed by atoms with E-state index in [-0.39, 0.29) is 0 Å². The van der Waals surface area contributed by atoms with Crippen molar-refractivity contribution in [2.75, 3.05) is 0 Å². The smallest absolute Gasteiger partial charge is 0.236 e. The Balaban J connectivity index is 2.46. The number of nitrogens with zero attached hydrogens (tertiary/aromatic N) is 2. The average molecular weight is 177 g/mol. The van der Waals surface area contributed by atoms with E-state index < -0.39 is 0 Å². The second-order valence-electron chi connectivity index (χ2n) is 3.04. The predicted octanol–water partition coefficient (Wildman–Crippen LogP) is 1.79. The highest BCUT2D eigenvalue weighted by Gasteiger charge is 1.96. The van der Waals surface area contributed by atoms with Gasteiger partial charge in [-0.3, -0.25) is 0 Å². The van der Waals surface area contributed by atoms with E-state index in [1.54, 1.807) is 0 Å². The van der Waals surface area contributed by atoms with Gasteiger partial charge in [-0.1, -0.05) is 19.3 Å². The van der Waals surface area contributed by atoms with E-state index in [0.29, 0.717) is 0 Å². The van der Waals surface area contributed by atoms with Gasteiger partial charge in [0.1, 0.15) is 18.4 Å². The van der Waals surface area contributed by atoms with Crippen LogP contribution >= 0.6 is 0 Å². The Bertz CT molecular complexity index is 301. The minimum absolute atomic E-state index is 1.00. The molecule has 0 N–H and O–H groups in total. The summed E-state index contributed by atoms with van der Waals surface area (Å²) in [5.41, 5.74) is 0. The number of hydrogen-bond acceptors (Lipinski definition) is 0. The molecule has 0 atom stereocenters. The molecular formula is C11H17N2+. The van der Waals surface area contributed by atoms with Crippen molar-refractivity contribution in [2.24, 2.45) is 0 Å². The molecule has 0 aromatic carbocycles. The maximum absolute atomic E-state index is 3.14. The molecule has 0 aliphatic carbocycles. The van der Waals surface area contributed by atoms with Gasteiger partial charge in [0, 0.05) is 6.42 Å². The molecule has 1 heterocycles. The molecule has 0 radical (unpaired) electrons. The van der Waals surface area contributed by atoms with Gasteiger partial charge in [0.05, 0.1) is 6.54 Å². The third kappa shape index (κ3) is 3.33. The molecule has 0 saturated carbocycles. The van der Waals surface area contributed by atoms with Crippen LogP contribution in [0.4, 0.5) is 0 Å². The topological polar surface area (TPSA) is 8.81 Å². The lowest BCUT2D eigenvalue weighted by Crippen LogP contribution is -2.24. The van der Waals surface area contributed by atoms with Crippen molar-refractivity contribution in [1.29, 1.82) is 0 Å². The molecule has 2 nitrogen and oxygen atoms in total.